The van der Waals surface area contributed by atoms with Gasteiger partial charge >= 0.3 is 0 Å². The van der Waals surface area contributed by atoms with Gasteiger partial charge in [0.15, 0.2) is 5.78 Å². The average molecular weight is 410 g/mol. The lowest BCUT2D eigenvalue weighted by atomic mass is 9.95. The highest BCUT2D eigenvalue weighted by atomic mass is 35.5. The average Bonchev–Trinajstić information content (AvgIpc) is 2.81. The number of anilines is 1. The van der Waals surface area contributed by atoms with E-state index in [1.807, 2.05) is 42.5 Å². The van der Waals surface area contributed by atoms with Crippen LogP contribution < -0.4 is 5.73 Å². The predicted molar refractivity (Wildman–Crippen MR) is 113 cm³/mol. The maximum Gasteiger partial charge on any atom is 0.162 e. The number of aromatic nitrogens is 1. The quantitative estimate of drug-likeness (QED) is 0.689. The van der Waals surface area contributed by atoms with Crippen molar-refractivity contribution in [3.63, 3.8) is 0 Å². The maximum atomic E-state index is 13.0. The molecule has 0 saturated heterocycles. The van der Waals surface area contributed by atoms with Crippen molar-refractivity contribution in [2.24, 2.45) is 4.99 Å². The second-order valence-electron chi connectivity index (χ2n) is 6.71. The first-order valence-electron chi connectivity index (χ1n) is 8.86. The molecule has 3 aromatic rings. The van der Waals surface area contributed by atoms with E-state index in [4.69, 9.17) is 33.9 Å². The molecule has 0 aliphatic carbocycles. The molecule has 1 unspecified atom stereocenters. The van der Waals surface area contributed by atoms with E-state index in [0.717, 1.165) is 22.3 Å². The minimum Gasteiger partial charge on any atom is -0.384 e. The topological polar surface area (TPSA) is 68.3 Å². The summed E-state index contributed by atoms with van der Waals surface area (Å²) in [4.78, 5) is 22.0. The van der Waals surface area contributed by atoms with Gasteiger partial charge in [-0.1, -0.05) is 47.5 Å². The number of hydrogen-bond acceptors (Lipinski definition) is 4. The number of carbonyl (C=O) groups is 1. The van der Waals surface area contributed by atoms with E-state index in [9.17, 15) is 4.79 Å². The molecule has 1 atom stereocenters. The number of Topliss-reactive ketones (excluding diaryl/α,β-unsaturated/α-hetero) is 1. The van der Waals surface area contributed by atoms with E-state index < -0.39 is 6.04 Å². The summed E-state index contributed by atoms with van der Waals surface area (Å²) in [5.41, 5.74) is 9.84. The Morgan fingerprint density at radius 2 is 1.89 bits per heavy atom. The molecular weight excluding hydrogens is 393 g/mol. The van der Waals surface area contributed by atoms with Gasteiger partial charge in [0.2, 0.25) is 0 Å². The van der Waals surface area contributed by atoms with E-state index in [2.05, 4.69) is 4.98 Å². The van der Waals surface area contributed by atoms with Crippen molar-refractivity contribution < 1.29 is 4.79 Å². The second-order valence-corrected chi connectivity index (χ2v) is 7.55. The van der Waals surface area contributed by atoms with Crippen molar-refractivity contribution >= 4 is 40.5 Å². The first-order chi connectivity index (χ1) is 13.5. The van der Waals surface area contributed by atoms with Gasteiger partial charge in [-0.2, -0.15) is 0 Å². The van der Waals surface area contributed by atoms with Crippen LogP contribution in [0.3, 0.4) is 0 Å². The van der Waals surface area contributed by atoms with E-state index in [1.165, 1.54) is 0 Å². The van der Waals surface area contributed by atoms with Gasteiger partial charge in [0.25, 0.3) is 0 Å². The number of benzene rings is 2. The summed E-state index contributed by atoms with van der Waals surface area (Å²) < 4.78 is 0. The maximum absolute atomic E-state index is 13.0. The number of rotatable bonds is 3. The van der Waals surface area contributed by atoms with Crippen molar-refractivity contribution in [1.82, 2.24) is 4.98 Å². The van der Waals surface area contributed by atoms with E-state index in [-0.39, 0.29) is 12.2 Å². The second kappa shape index (κ2) is 7.74. The third kappa shape index (κ3) is 3.79. The highest BCUT2D eigenvalue weighted by Crippen LogP contribution is 2.27. The number of ketones is 1. The Kier molecular flexibility index (Phi) is 5.16. The van der Waals surface area contributed by atoms with Crippen LogP contribution in [-0.2, 0) is 17.6 Å². The van der Waals surface area contributed by atoms with Crippen molar-refractivity contribution in [3.8, 4) is 0 Å². The van der Waals surface area contributed by atoms with E-state index in [1.54, 1.807) is 18.3 Å². The molecule has 4 nitrogen and oxygen atoms in total. The lowest BCUT2D eigenvalue weighted by molar-refractivity contribution is -0.119. The predicted octanol–water partition coefficient (Wildman–Crippen LogP) is 4.54. The Morgan fingerprint density at radius 1 is 1.07 bits per heavy atom. The fraction of sp³-hybridized carbons (Fsp3) is 0.136. The van der Waals surface area contributed by atoms with Crippen LogP contribution in [0.25, 0.3) is 0 Å². The number of nitrogens with zero attached hydrogens (tertiary/aromatic N) is 2. The van der Waals surface area contributed by atoms with Crippen molar-refractivity contribution in [1.29, 1.82) is 0 Å². The number of nitrogen functional groups attached to an aromatic ring is 1. The molecule has 2 aromatic carbocycles. The number of halogens is 2. The van der Waals surface area contributed by atoms with Crippen molar-refractivity contribution in [3.05, 3.63) is 93.1 Å². The van der Waals surface area contributed by atoms with Crippen LogP contribution in [0.4, 0.5) is 5.82 Å². The summed E-state index contributed by atoms with van der Waals surface area (Å²) in [5.74, 6) is 0.467. The molecule has 0 radical (unpaired) electrons. The van der Waals surface area contributed by atoms with Gasteiger partial charge in [0, 0.05) is 40.2 Å². The number of pyridine rings is 1. The number of hydrogen-bond donors (Lipinski definition) is 1. The first kappa shape index (κ1) is 18.7. The zero-order valence-corrected chi connectivity index (χ0v) is 16.4. The summed E-state index contributed by atoms with van der Waals surface area (Å²) >= 11 is 12.5. The monoisotopic (exact) mass is 409 g/mol. The van der Waals surface area contributed by atoms with Gasteiger partial charge < -0.3 is 5.73 Å². The number of nitrogens with two attached hydrogens (primary N) is 1. The smallest absolute Gasteiger partial charge is 0.162 e. The highest BCUT2D eigenvalue weighted by molar-refractivity contribution is 6.32. The highest BCUT2D eigenvalue weighted by Gasteiger charge is 2.27. The third-order valence-corrected chi connectivity index (χ3v) is 5.38. The van der Waals surface area contributed by atoms with Gasteiger partial charge in [-0.25, -0.2) is 4.98 Å². The van der Waals surface area contributed by atoms with Crippen molar-refractivity contribution in [2.45, 2.75) is 18.9 Å². The molecule has 6 heteroatoms. The van der Waals surface area contributed by atoms with Crippen molar-refractivity contribution in [2.75, 3.05) is 5.73 Å². The number of aliphatic imine (C=N–C) groups is 1. The molecule has 0 saturated carbocycles. The molecule has 0 bridgehead atoms. The summed E-state index contributed by atoms with van der Waals surface area (Å²) in [7, 11) is 0. The molecule has 140 valence electrons. The van der Waals surface area contributed by atoms with Crippen LogP contribution in [0.5, 0.6) is 0 Å². The Morgan fingerprint density at radius 3 is 2.64 bits per heavy atom. The fourth-order valence-corrected chi connectivity index (χ4v) is 3.72. The molecular formula is C22H17Cl2N3O. The molecule has 28 heavy (non-hydrogen) atoms. The SMILES string of the molecule is Nc1ccc(C2=NC(Cc3ccccc3Cl)C(=O)Cc3ccc(Cl)cc32)cn1. The Labute approximate surface area is 173 Å². The Balaban J connectivity index is 1.84. The fourth-order valence-electron chi connectivity index (χ4n) is 3.33. The summed E-state index contributed by atoms with van der Waals surface area (Å²) in [6.45, 7) is 0. The van der Waals surface area contributed by atoms with E-state index >= 15 is 0 Å². The lowest BCUT2D eigenvalue weighted by Gasteiger charge is -2.13. The molecule has 0 fully saturated rings. The molecule has 1 aliphatic rings. The molecule has 0 amide bonds. The zero-order chi connectivity index (χ0) is 19.7. The largest absolute Gasteiger partial charge is 0.384 e. The van der Waals surface area contributed by atoms with Gasteiger partial charge in [0.05, 0.1) is 5.71 Å². The Hall–Kier alpha value is -2.69. The van der Waals surface area contributed by atoms with Crippen LogP contribution >= 0.6 is 23.2 Å². The molecule has 4 rings (SSSR count). The molecule has 1 aromatic heterocycles. The number of carbonyl (C=O) groups excluding carboxylic acids is 1. The van der Waals surface area contributed by atoms with Gasteiger partial charge in [0.1, 0.15) is 11.9 Å². The van der Waals surface area contributed by atoms with E-state index in [0.29, 0.717) is 28.0 Å². The molecule has 0 spiro atoms. The summed E-state index contributed by atoms with van der Waals surface area (Å²) in [6, 6.07) is 16.1. The minimum absolute atomic E-state index is 0.0434. The van der Waals surface area contributed by atoms with Gasteiger partial charge in [-0.3, -0.25) is 9.79 Å². The third-order valence-electron chi connectivity index (χ3n) is 4.78. The summed E-state index contributed by atoms with van der Waals surface area (Å²) in [5, 5.41) is 1.22. The summed E-state index contributed by atoms with van der Waals surface area (Å²) in [6.07, 6.45) is 2.39. The molecule has 2 heterocycles. The van der Waals surface area contributed by atoms with Crippen LogP contribution in [0, 0.1) is 0 Å². The van der Waals surface area contributed by atoms with Crippen LogP contribution in [0.2, 0.25) is 10.0 Å². The van der Waals surface area contributed by atoms with Crippen LogP contribution in [-0.4, -0.2) is 22.5 Å². The normalized spacial score (nSPS) is 16.3. The number of fused-ring (bicyclic) bond motifs is 1. The molecule has 2 N–H and O–H groups in total. The molecule has 1 aliphatic heterocycles. The Bertz CT molecular complexity index is 1080. The van der Waals surface area contributed by atoms with Gasteiger partial charge in [-0.15, -0.1) is 0 Å². The van der Waals surface area contributed by atoms with Crippen LogP contribution in [0.1, 0.15) is 22.3 Å². The zero-order valence-electron chi connectivity index (χ0n) is 14.9. The first-order valence-corrected chi connectivity index (χ1v) is 9.61. The van der Waals surface area contributed by atoms with Crippen LogP contribution in [0.15, 0.2) is 65.8 Å². The minimum atomic E-state index is -0.543. The standard InChI is InChI=1S/C22H17Cl2N3O/c23-16-7-5-13-10-20(28)19(9-14-3-1-2-4-18(14)24)27-22(17(13)11-16)15-6-8-21(25)26-12-15/h1-8,11-12,19H,9-10H2,(H2,25,26). The lowest BCUT2D eigenvalue weighted by Crippen LogP contribution is -2.23. The van der Waals surface area contributed by atoms with Gasteiger partial charge in [-0.05, 0) is 41.5 Å².